The Hall–Kier alpha value is -1.40. The highest BCUT2D eigenvalue weighted by molar-refractivity contribution is 7.98. The Morgan fingerprint density at radius 1 is 1.04 bits per heavy atom. The maximum atomic E-state index is 5.17. The summed E-state index contributed by atoms with van der Waals surface area (Å²) in [6.45, 7) is 5.52. The maximum absolute atomic E-state index is 5.17. The molecule has 0 saturated heterocycles. The number of pyridine rings is 1. The van der Waals surface area contributed by atoms with Gasteiger partial charge in [0, 0.05) is 24.7 Å². The van der Waals surface area contributed by atoms with Gasteiger partial charge in [-0.3, -0.25) is 0 Å². The summed E-state index contributed by atoms with van der Waals surface area (Å²) in [5.41, 5.74) is 5.51. The number of thiophene rings is 1. The number of thioether (sulfide) groups is 1. The molecule has 0 fully saturated rings. The van der Waals surface area contributed by atoms with Crippen molar-refractivity contribution in [3.05, 3.63) is 16.8 Å². The molecule has 3 aromatic heterocycles. The summed E-state index contributed by atoms with van der Waals surface area (Å²) in [6.07, 6.45) is 11.6. The van der Waals surface area contributed by atoms with Crippen LogP contribution in [-0.4, -0.2) is 34.8 Å². The van der Waals surface area contributed by atoms with E-state index in [4.69, 9.17) is 15.0 Å². The summed E-state index contributed by atoms with van der Waals surface area (Å²) in [7, 11) is 2.16. The summed E-state index contributed by atoms with van der Waals surface area (Å²) in [4.78, 5) is 18.5. The van der Waals surface area contributed by atoms with E-state index < -0.39 is 0 Å². The van der Waals surface area contributed by atoms with Gasteiger partial charge in [-0.25, -0.2) is 15.0 Å². The van der Waals surface area contributed by atoms with Crippen LogP contribution in [0.2, 0.25) is 0 Å². The van der Waals surface area contributed by atoms with E-state index in [0.717, 1.165) is 29.5 Å². The van der Waals surface area contributed by atoms with E-state index in [-0.39, 0.29) is 0 Å². The third-order valence-electron chi connectivity index (χ3n) is 5.74. The van der Waals surface area contributed by atoms with Crippen molar-refractivity contribution in [3.8, 4) is 0 Å². The first-order valence-electron chi connectivity index (χ1n) is 10.6. The summed E-state index contributed by atoms with van der Waals surface area (Å²) in [6, 6.07) is 0. The molecule has 0 bridgehead atoms. The van der Waals surface area contributed by atoms with Crippen LogP contribution >= 0.6 is 23.1 Å². The van der Waals surface area contributed by atoms with E-state index in [1.54, 1.807) is 23.1 Å². The standard InChI is InChI=1S/C22H30N4S2/c1-5-7-12-16-14-10-9-11-15(14)17-18-19(28-21(17)23-16)20(25-22(24-18)27-4)26(3)13-8-6-2/h5-13H2,1-4H3. The van der Waals surface area contributed by atoms with E-state index in [2.05, 4.69) is 32.1 Å². The van der Waals surface area contributed by atoms with Gasteiger partial charge in [-0.1, -0.05) is 38.5 Å². The number of aryl methyl sites for hydroxylation is 2. The topological polar surface area (TPSA) is 41.9 Å². The highest BCUT2D eigenvalue weighted by Crippen LogP contribution is 2.43. The minimum absolute atomic E-state index is 0.868. The molecule has 4 nitrogen and oxygen atoms in total. The second-order valence-electron chi connectivity index (χ2n) is 7.74. The van der Waals surface area contributed by atoms with E-state index >= 15 is 0 Å². The third kappa shape index (κ3) is 3.50. The third-order valence-corrected chi connectivity index (χ3v) is 7.36. The summed E-state index contributed by atoms with van der Waals surface area (Å²) in [5.74, 6) is 1.08. The van der Waals surface area contributed by atoms with Crippen LogP contribution in [0, 0.1) is 0 Å². The Morgan fingerprint density at radius 2 is 1.82 bits per heavy atom. The Bertz CT molecular complexity index is 996. The van der Waals surface area contributed by atoms with Gasteiger partial charge in [0.15, 0.2) is 11.0 Å². The fourth-order valence-electron chi connectivity index (χ4n) is 4.21. The van der Waals surface area contributed by atoms with Crippen molar-refractivity contribution in [2.24, 2.45) is 0 Å². The van der Waals surface area contributed by atoms with E-state index in [1.807, 2.05) is 0 Å². The average Bonchev–Trinajstić information content (AvgIpc) is 3.33. The number of rotatable bonds is 8. The SMILES string of the molecule is CCCCc1nc2sc3c(N(C)CCCC)nc(SC)nc3c2c2c1CCC2. The molecule has 3 heterocycles. The van der Waals surface area contributed by atoms with Crippen molar-refractivity contribution in [2.75, 3.05) is 24.7 Å². The summed E-state index contributed by atoms with van der Waals surface area (Å²) in [5, 5.41) is 2.18. The Morgan fingerprint density at radius 3 is 2.57 bits per heavy atom. The highest BCUT2D eigenvalue weighted by Gasteiger charge is 2.25. The van der Waals surface area contributed by atoms with Gasteiger partial charge in [-0.05, 0) is 55.9 Å². The molecule has 0 spiro atoms. The molecule has 28 heavy (non-hydrogen) atoms. The molecular formula is C22H30N4S2. The number of anilines is 1. The van der Waals surface area contributed by atoms with Gasteiger partial charge in [-0.15, -0.1) is 11.3 Å². The van der Waals surface area contributed by atoms with Crippen molar-refractivity contribution < 1.29 is 0 Å². The predicted molar refractivity (Wildman–Crippen MR) is 123 cm³/mol. The van der Waals surface area contributed by atoms with Crippen molar-refractivity contribution in [1.82, 2.24) is 15.0 Å². The molecule has 0 aliphatic heterocycles. The summed E-state index contributed by atoms with van der Waals surface area (Å²) >= 11 is 3.43. The minimum Gasteiger partial charge on any atom is -0.358 e. The first-order chi connectivity index (χ1) is 13.7. The molecule has 0 N–H and O–H groups in total. The molecule has 0 amide bonds. The van der Waals surface area contributed by atoms with Gasteiger partial charge in [0.05, 0.1) is 10.2 Å². The van der Waals surface area contributed by atoms with E-state index in [9.17, 15) is 0 Å². The lowest BCUT2D eigenvalue weighted by Gasteiger charge is -2.18. The zero-order chi connectivity index (χ0) is 19.7. The lowest BCUT2D eigenvalue weighted by molar-refractivity contribution is 0.756. The van der Waals surface area contributed by atoms with Gasteiger partial charge in [0.25, 0.3) is 0 Å². The van der Waals surface area contributed by atoms with Gasteiger partial charge in [-0.2, -0.15) is 0 Å². The van der Waals surface area contributed by atoms with Gasteiger partial charge < -0.3 is 4.90 Å². The molecule has 0 aromatic carbocycles. The van der Waals surface area contributed by atoms with Crippen molar-refractivity contribution in [2.45, 2.75) is 70.4 Å². The fourth-order valence-corrected chi connectivity index (χ4v) is 5.78. The number of unbranched alkanes of at least 4 members (excludes halogenated alkanes) is 2. The molecular weight excluding hydrogens is 384 g/mol. The molecule has 1 aliphatic rings. The fraction of sp³-hybridized carbons (Fsp3) is 0.591. The lowest BCUT2D eigenvalue weighted by Crippen LogP contribution is -2.20. The van der Waals surface area contributed by atoms with E-state index in [1.165, 1.54) is 76.7 Å². The van der Waals surface area contributed by atoms with Crippen LogP contribution in [0.5, 0.6) is 0 Å². The smallest absolute Gasteiger partial charge is 0.189 e. The normalized spacial score (nSPS) is 13.6. The zero-order valence-corrected chi connectivity index (χ0v) is 19.1. The molecule has 150 valence electrons. The molecule has 0 saturated carbocycles. The minimum atomic E-state index is 0.868. The number of nitrogens with zero attached hydrogens (tertiary/aromatic N) is 4. The number of hydrogen-bond acceptors (Lipinski definition) is 6. The highest BCUT2D eigenvalue weighted by atomic mass is 32.2. The van der Waals surface area contributed by atoms with Crippen LogP contribution in [-0.2, 0) is 19.3 Å². The predicted octanol–water partition coefficient (Wildman–Crippen LogP) is 6.03. The number of fused-ring (bicyclic) bond motifs is 5. The quantitative estimate of drug-likeness (QED) is 0.332. The summed E-state index contributed by atoms with van der Waals surface area (Å²) < 4.78 is 1.21. The molecule has 1 aliphatic carbocycles. The monoisotopic (exact) mass is 414 g/mol. The second kappa shape index (κ2) is 8.54. The Labute approximate surface area is 176 Å². The molecule has 0 unspecified atom stereocenters. The van der Waals surface area contributed by atoms with Crippen molar-refractivity contribution in [1.29, 1.82) is 0 Å². The van der Waals surface area contributed by atoms with Crippen LogP contribution in [0.4, 0.5) is 5.82 Å². The first kappa shape index (κ1) is 19.9. The van der Waals surface area contributed by atoms with Crippen LogP contribution in [0.15, 0.2) is 5.16 Å². The molecule has 0 atom stereocenters. The van der Waals surface area contributed by atoms with Crippen LogP contribution < -0.4 is 4.90 Å². The maximum Gasteiger partial charge on any atom is 0.189 e. The lowest BCUT2D eigenvalue weighted by atomic mass is 10.0. The van der Waals surface area contributed by atoms with Crippen molar-refractivity contribution >= 4 is 49.3 Å². The first-order valence-corrected chi connectivity index (χ1v) is 12.6. The van der Waals surface area contributed by atoms with Gasteiger partial charge in [0.1, 0.15) is 4.83 Å². The van der Waals surface area contributed by atoms with Gasteiger partial charge >= 0.3 is 0 Å². The number of hydrogen-bond donors (Lipinski definition) is 0. The molecule has 6 heteroatoms. The second-order valence-corrected chi connectivity index (χ2v) is 9.51. The van der Waals surface area contributed by atoms with Crippen molar-refractivity contribution in [3.63, 3.8) is 0 Å². The zero-order valence-electron chi connectivity index (χ0n) is 17.5. The molecule has 3 aromatic rings. The molecule has 0 radical (unpaired) electrons. The van der Waals surface area contributed by atoms with Gasteiger partial charge in [0.2, 0.25) is 0 Å². The average molecular weight is 415 g/mol. The van der Waals surface area contributed by atoms with Crippen LogP contribution in [0.25, 0.3) is 20.4 Å². The largest absolute Gasteiger partial charge is 0.358 e. The van der Waals surface area contributed by atoms with Crippen LogP contribution in [0.1, 0.15) is 62.8 Å². The Balaban J connectivity index is 1.94. The van der Waals surface area contributed by atoms with Crippen LogP contribution in [0.3, 0.4) is 0 Å². The molecule has 4 rings (SSSR count). The number of aromatic nitrogens is 3. The van der Waals surface area contributed by atoms with E-state index in [0.29, 0.717) is 0 Å². The Kier molecular flexibility index (Phi) is 6.07.